The van der Waals surface area contributed by atoms with Crippen molar-refractivity contribution in [1.29, 1.82) is 0 Å². The first-order valence-electron chi connectivity index (χ1n) is 10.6. The van der Waals surface area contributed by atoms with Crippen LogP contribution in [0.5, 0.6) is 0 Å². The van der Waals surface area contributed by atoms with Gasteiger partial charge in [0, 0.05) is 22.5 Å². The summed E-state index contributed by atoms with van der Waals surface area (Å²) in [4.78, 5) is 20.8. The second-order valence-electron chi connectivity index (χ2n) is 8.06. The Kier molecular flexibility index (Phi) is 5.16. The zero-order valence-corrected chi connectivity index (χ0v) is 18.5. The van der Waals surface area contributed by atoms with Gasteiger partial charge in [0.15, 0.2) is 0 Å². The van der Waals surface area contributed by atoms with Crippen LogP contribution >= 0.6 is 0 Å². The molecule has 5 rings (SSSR count). The van der Waals surface area contributed by atoms with Crippen LogP contribution in [0.3, 0.4) is 0 Å². The first-order valence-corrected chi connectivity index (χ1v) is 10.6. The molecule has 7 nitrogen and oxygen atoms in total. The molecule has 9 heteroatoms. The molecule has 0 aliphatic heterocycles. The number of rotatable bonds is 4. The van der Waals surface area contributed by atoms with Crippen molar-refractivity contribution in [1.82, 2.24) is 19.2 Å². The van der Waals surface area contributed by atoms with Crippen LogP contribution in [0.25, 0.3) is 28.0 Å². The summed E-state index contributed by atoms with van der Waals surface area (Å²) in [5, 5.41) is 4.49. The molecule has 0 aliphatic rings. The molecule has 5 aromatic rings. The molecule has 0 saturated heterocycles. The summed E-state index contributed by atoms with van der Waals surface area (Å²) >= 11 is 0. The van der Waals surface area contributed by atoms with Crippen molar-refractivity contribution in [3.63, 3.8) is 0 Å². The van der Waals surface area contributed by atoms with Gasteiger partial charge in [-0.15, -0.1) is 9.50 Å². The average molecular weight is 459 g/mol. The molecule has 2 aromatic carbocycles. The zero-order valence-electron chi connectivity index (χ0n) is 18.5. The Hall–Kier alpha value is -4.40. The van der Waals surface area contributed by atoms with Gasteiger partial charge in [-0.2, -0.15) is 4.68 Å². The van der Waals surface area contributed by atoms with Crippen molar-refractivity contribution in [3.05, 3.63) is 99.7 Å². The Balaban J connectivity index is 1.83. The second-order valence-corrected chi connectivity index (χ2v) is 8.06. The van der Waals surface area contributed by atoms with E-state index >= 15 is 0 Å². The minimum atomic E-state index is -0.755. The SMILES string of the molecule is Cc1cc(-c2c(-c3ccccc3)[nH+]c(N)n3c(=O)n(Cc4c(F)cccc4F)nc23)cc(C)n1. The number of aromatic nitrogens is 5. The predicted octanol–water partition coefficient (Wildman–Crippen LogP) is 3.56. The number of pyridine rings is 1. The van der Waals surface area contributed by atoms with Crippen LogP contribution in [0, 0.1) is 25.5 Å². The van der Waals surface area contributed by atoms with E-state index in [1.807, 2.05) is 56.3 Å². The molecule has 0 amide bonds. The van der Waals surface area contributed by atoms with E-state index in [-0.39, 0.29) is 23.7 Å². The van der Waals surface area contributed by atoms with Gasteiger partial charge in [0.1, 0.15) is 17.3 Å². The van der Waals surface area contributed by atoms with Gasteiger partial charge in [-0.1, -0.05) is 36.4 Å². The lowest BCUT2D eigenvalue weighted by Gasteiger charge is -2.10. The number of aryl methyl sites for hydroxylation is 2. The number of nitrogens with two attached hydrogens (primary N) is 1. The number of H-pyrrole nitrogens is 1. The molecule has 0 radical (unpaired) electrons. The third kappa shape index (κ3) is 3.61. The number of hydrogen-bond acceptors (Lipinski definition) is 4. The number of hydrogen-bond donors (Lipinski definition) is 1. The lowest BCUT2D eigenvalue weighted by atomic mass is 9.99. The number of nitrogens with zero attached hydrogens (tertiary/aromatic N) is 4. The lowest BCUT2D eigenvalue weighted by Crippen LogP contribution is -2.28. The molecule has 3 N–H and O–H groups in total. The number of fused-ring (bicyclic) bond motifs is 1. The average Bonchev–Trinajstić information content (AvgIpc) is 3.12. The van der Waals surface area contributed by atoms with E-state index in [0.29, 0.717) is 11.3 Å². The number of anilines is 1. The molecule has 0 bridgehead atoms. The van der Waals surface area contributed by atoms with Crippen molar-refractivity contribution < 1.29 is 13.8 Å². The van der Waals surface area contributed by atoms with Gasteiger partial charge in [0.25, 0.3) is 0 Å². The van der Waals surface area contributed by atoms with Gasteiger partial charge < -0.3 is 0 Å². The first kappa shape index (κ1) is 21.4. The molecule has 34 heavy (non-hydrogen) atoms. The molecule has 170 valence electrons. The third-order valence-electron chi connectivity index (χ3n) is 5.61. The Morgan fingerprint density at radius 1 is 0.941 bits per heavy atom. The van der Waals surface area contributed by atoms with Crippen molar-refractivity contribution in [2.45, 2.75) is 20.4 Å². The summed E-state index contributed by atoms with van der Waals surface area (Å²) in [7, 11) is 0. The van der Waals surface area contributed by atoms with Crippen molar-refractivity contribution in [3.8, 4) is 22.4 Å². The fraction of sp³-hybridized carbons (Fsp3) is 0.120. The van der Waals surface area contributed by atoms with Gasteiger partial charge in [0.2, 0.25) is 5.65 Å². The Morgan fingerprint density at radius 2 is 1.59 bits per heavy atom. The summed E-state index contributed by atoms with van der Waals surface area (Å²) < 4.78 is 30.8. The lowest BCUT2D eigenvalue weighted by molar-refractivity contribution is -0.351. The highest BCUT2D eigenvalue weighted by Crippen LogP contribution is 2.33. The van der Waals surface area contributed by atoms with Crippen LogP contribution in [-0.4, -0.2) is 19.2 Å². The van der Waals surface area contributed by atoms with E-state index in [0.717, 1.165) is 39.3 Å². The van der Waals surface area contributed by atoms with Crippen molar-refractivity contribution in [2.24, 2.45) is 0 Å². The van der Waals surface area contributed by atoms with Gasteiger partial charge in [-0.05, 0) is 43.7 Å². The third-order valence-corrected chi connectivity index (χ3v) is 5.61. The summed E-state index contributed by atoms with van der Waals surface area (Å²) in [6.45, 7) is 3.37. The number of aromatic amines is 1. The summed E-state index contributed by atoms with van der Waals surface area (Å²) in [5.41, 5.74) is 10.1. The molecule has 0 atom stereocenters. The number of nitrogen functional groups attached to an aromatic ring is 1. The fourth-order valence-electron chi connectivity index (χ4n) is 4.15. The van der Waals surface area contributed by atoms with Crippen LogP contribution in [0.2, 0.25) is 0 Å². The van der Waals surface area contributed by atoms with E-state index in [2.05, 4.69) is 15.1 Å². The van der Waals surface area contributed by atoms with Gasteiger partial charge in [0.05, 0.1) is 12.1 Å². The van der Waals surface area contributed by atoms with Gasteiger partial charge >= 0.3 is 11.6 Å². The number of halogens is 2. The predicted molar refractivity (Wildman–Crippen MR) is 124 cm³/mol. The van der Waals surface area contributed by atoms with E-state index in [4.69, 9.17) is 5.73 Å². The molecule has 0 spiro atoms. The molecule has 3 aromatic heterocycles. The van der Waals surface area contributed by atoms with E-state index in [9.17, 15) is 13.6 Å². The van der Waals surface area contributed by atoms with Gasteiger partial charge in [-0.3, -0.25) is 10.7 Å². The highest BCUT2D eigenvalue weighted by Gasteiger charge is 2.26. The molecule has 0 aliphatic carbocycles. The van der Waals surface area contributed by atoms with Crippen LogP contribution in [0.1, 0.15) is 17.0 Å². The highest BCUT2D eigenvalue weighted by atomic mass is 19.1. The number of benzene rings is 2. The summed E-state index contributed by atoms with van der Waals surface area (Å²) in [6.07, 6.45) is 0. The minimum absolute atomic E-state index is 0.0466. The quantitative estimate of drug-likeness (QED) is 0.445. The fourth-order valence-corrected chi connectivity index (χ4v) is 4.15. The molecular weight excluding hydrogens is 438 g/mol. The molecule has 0 saturated carbocycles. The zero-order chi connectivity index (χ0) is 24.0. The Bertz CT molecular complexity index is 1570. The van der Waals surface area contributed by atoms with E-state index < -0.39 is 17.3 Å². The van der Waals surface area contributed by atoms with Crippen LogP contribution < -0.4 is 16.4 Å². The van der Waals surface area contributed by atoms with Crippen LogP contribution in [0.4, 0.5) is 14.7 Å². The standard InChI is InChI=1S/C25H20F2N6O/c1-14-11-17(12-15(2)29-14)21-22(16-7-4-3-5-8-16)30-24(28)33-23(21)31-32(25(33)34)13-18-19(26)9-6-10-20(18)27/h3-12H,13H2,1-2H3,(H2,28,30)/p+1. The monoisotopic (exact) mass is 459 g/mol. The number of nitrogens with one attached hydrogen (secondary N) is 1. The Morgan fingerprint density at radius 3 is 2.24 bits per heavy atom. The van der Waals surface area contributed by atoms with Crippen LogP contribution in [0.15, 0.2) is 65.5 Å². The Labute approximate surface area is 193 Å². The van der Waals surface area contributed by atoms with Gasteiger partial charge in [-0.25, -0.2) is 18.6 Å². The van der Waals surface area contributed by atoms with Crippen molar-refractivity contribution >= 4 is 11.6 Å². The largest absolute Gasteiger partial charge is 0.411 e. The molecular formula is C25H21F2N6O+. The maximum atomic E-state index is 14.3. The maximum Gasteiger partial charge on any atom is 0.411 e. The normalized spacial score (nSPS) is 11.3. The topological polar surface area (TPSA) is 92.3 Å². The minimum Gasteiger partial charge on any atom is -0.290 e. The summed E-state index contributed by atoms with van der Waals surface area (Å²) in [6, 6.07) is 16.8. The highest BCUT2D eigenvalue weighted by molar-refractivity contribution is 5.88. The molecule has 3 heterocycles. The molecule has 0 unspecified atom stereocenters. The first-order chi connectivity index (χ1) is 16.3. The van der Waals surface area contributed by atoms with Crippen LogP contribution in [-0.2, 0) is 6.54 Å². The van der Waals surface area contributed by atoms with E-state index in [1.165, 1.54) is 10.5 Å². The summed E-state index contributed by atoms with van der Waals surface area (Å²) in [5.74, 6) is -1.46. The second kappa shape index (κ2) is 8.18. The molecule has 0 fully saturated rings. The maximum absolute atomic E-state index is 14.3. The van der Waals surface area contributed by atoms with E-state index in [1.54, 1.807) is 0 Å². The smallest absolute Gasteiger partial charge is 0.290 e. The van der Waals surface area contributed by atoms with Crippen molar-refractivity contribution in [2.75, 3.05) is 5.73 Å².